The highest BCUT2D eigenvalue weighted by Gasteiger charge is 2.24. The van der Waals surface area contributed by atoms with Crippen LogP contribution in [0.2, 0.25) is 0 Å². The second-order valence-electron chi connectivity index (χ2n) is 4.63. The highest BCUT2D eigenvalue weighted by Crippen LogP contribution is 2.28. The first-order valence-electron chi connectivity index (χ1n) is 6.16. The third-order valence-corrected chi connectivity index (χ3v) is 4.22. The molecule has 1 aliphatic heterocycles. The highest BCUT2D eigenvalue weighted by molar-refractivity contribution is 7.12. The summed E-state index contributed by atoms with van der Waals surface area (Å²) in [4.78, 5) is 18.6. The van der Waals surface area contributed by atoms with E-state index in [0.717, 1.165) is 21.7 Å². The quantitative estimate of drug-likeness (QED) is 0.864. The molecule has 2 heterocycles. The fraction of sp³-hybridized carbons (Fsp3) is 0.200. The molecule has 0 radical (unpaired) electrons. The zero-order chi connectivity index (χ0) is 13.4. The minimum absolute atomic E-state index is 0.0194. The van der Waals surface area contributed by atoms with E-state index in [1.54, 1.807) is 11.3 Å². The van der Waals surface area contributed by atoms with Crippen molar-refractivity contribution in [3.8, 4) is 0 Å². The Bertz CT molecular complexity index is 658. The van der Waals surface area contributed by atoms with Crippen molar-refractivity contribution in [2.24, 2.45) is 10.7 Å². The lowest BCUT2D eigenvalue weighted by atomic mass is 10.0. The molecule has 4 heteroatoms. The van der Waals surface area contributed by atoms with Gasteiger partial charge >= 0.3 is 0 Å². The molecule has 1 aromatic heterocycles. The molecule has 19 heavy (non-hydrogen) atoms. The van der Waals surface area contributed by atoms with Crippen LogP contribution in [0.1, 0.15) is 20.9 Å². The number of nitrogens with zero attached hydrogens (tertiary/aromatic N) is 1. The third kappa shape index (κ3) is 2.25. The van der Waals surface area contributed by atoms with Crippen molar-refractivity contribution in [2.75, 3.05) is 0 Å². The Morgan fingerprint density at radius 1 is 1.32 bits per heavy atom. The van der Waals surface area contributed by atoms with Gasteiger partial charge in [-0.1, -0.05) is 30.3 Å². The van der Waals surface area contributed by atoms with Crippen LogP contribution < -0.4 is 5.73 Å². The molecule has 0 amide bonds. The number of hydrogen-bond acceptors (Lipinski definition) is 4. The van der Waals surface area contributed by atoms with E-state index in [0.29, 0.717) is 6.42 Å². The van der Waals surface area contributed by atoms with E-state index in [1.807, 2.05) is 37.3 Å². The predicted molar refractivity (Wildman–Crippen MR) is 77.8 cm³/mol. The molecule has 3 nitrogen and oxygen atoms in total. The van der Waals surface area contributed by atoms with Crippen LogP contribution >= 0.6 is 11.3 Å². The first-order valence-corrected chi connectivity index (χ1v) is 6.98. The van der Waals surface area contributed by atoms with E-state index in [1.165, 1.54) is 4.88 Å². The molecule has 3 rings (SSSR count). The van der Waals surface area contributed by atoms with E-state index in [-0.39, 0.29) is 5.78 Å². The summed E-state index contributed by atoms with van der Waals surface area (Å²) in [7, 11) is 0. The minimum Gasteiger partial charge on any atom is -0.303 e. The van der Waals surface area contributed by atoms with Crippen LogP contribution in [-0.2, 0) is 11.2 Å². The molecule has 0 aliphatic carbocycles. The Kier molecular flexibility index (Phi) is 3.05. The molecule has 0 fully saturated rings. The largest absolute Gasteiger partial charge is 0.303 e. The summed E-state index contributed by atoms with van der Waals surface area (Å²) in [6.07, 6.45) is -0.371. The molecule has 1 unspecified atom stereocenters. The van der Waals surface area contributed by atoms with E-state index < -0.39 is 6.17 Å². The number of hydrogen-bond donors (Lipinski definition) is 1. The van der Waals surface area contributed by atoms with Crippen LogP contribution in [0.15, 0.2) is 41.4 Å². The van der Waals surface area contributed by atoms with Gasteiger partial charge in [0.2, 0.25) is 0 Å². The fourth-order valence-corrected chi connectivity index (χ4v) is 3.31. The number of rotatable bonds is 1. The van der Waals surface area contributed by atoms with Gasteiger partial charge in [0, 0.05) is 27.3 Å². The SMILES string of the molecule is Cc1cc2c(s1)CC(=O)C(N)N=C2c1ccccc1. The van der Waals surface area contributed by atoms with Gasteiger partial charge in [-0.3, -0.25) is 9.79 Å². The van der Waals surface area contributed by atoms with Crippen LogP contribution in [0.4, 0.5) is 0 Å². The molecule has 0 saturated heterocycles. The molecule has 96 valence electrons. The number of benzene rings is 1. The normalized spacial score (nSPS) is 18.7. The second-order valence-corrected chi connectivity index (χ2v) is 5.97. The average molecular weight is 270 g/mol. The summed E-state index contributed by atoms with van der Waals surface area (Å²) >= 11 is 1.65. The molecule has 1 aromatic carbocycles. The van der Waals surface area contributed by atoms with Crippen molar-refractivity contribution >= 4 is 22.8 Å². The van der Waals surface area contributed by atoms with Gasteiger partial charge in [0.15, 0.2) is 11.9 Å². The molecular weight excluding hydrogens is 256 g/mol. The zero-order valence-electron chi connectivity index (χ0n) is 10.6. The van der Waals surface area contributed by atoms with Crippen molar-refractivity contribution < 1.29 is 4.79 Å². The first kappa shape index (κ1) is 12.3. The van der Waals surface area contributed by atoms with Crippen molar-refractivity contribution in [3.05, 3.63) is 57.3 Å². The Morgan fingerprint density at radius 3 is 2.79 bits per heavy atom. The van der Waals surface area contributed by atoms with Gasteiger partial charge in [-0.25, -0.2) is 0 Å². The maximum atomic E-state index is 11.9. The number of nitrogens with two attached hydrogens (primary N) is 1. The summed E-state index contributed by atoms with van der Waals surface area (Å²) in [5.74, 6) is -0.0194. The molecule has 0 saturated carbocycles. The predicted octanol–water partition coefficient (Wildman–Crippen LogP) is 2.30. The lowest BCUT2D eigenvalue weighted by molar-refractivity contribution is -0.119. The molecule has 0 bridgehead atoms. The van der Waals surface area contributed by atoms with Gasteiger partial charge in [-0.05, 0) is 13.0 Å². The number of aliphatic imine (C=N–C) groups is 1. The van der Waals surface area contributed by atoms with Gasteiger partial charge < -0.3 is 5.73 Å². The molecule has 1 atom stereocenters. The van der Waals surface area contributed by atoms with E-state index in [4.69, 9.17) is 5.73 Å². The Morgan fingerprint density at radius 2 is 2.05 bits per heavy atom. The van der Waals surface area contributed by atoms with Gasteiger partial charge in [0.25, 0.3) is 0 Å². The third-order valence-electron chi connectivity index (χ3n) is 3.17. The van der Waals surface area contributed by atoms with Crippen LogP contribution in [0, 0.1) is 6.92 Å². The molecule has 2 N–H and O–H groups in total. The summed E-state index contributed by atoms with van der Waals surface area (Å²) in [5.41, 5.74) is 8.74. The van der Waals surface area contributed by atoms with Crippen molar-refractivity contribution in [1.29, 1.82) is 0 Å². The zero-order valence-corrected chi connectivity index (χ0v) is 11.4. The highest BCUT2D eigenvalue weighted by atomic mass is 32.1. The molecule has 2 aromatic rings. The fourth-order valence-electron chi connectivity index (χ4n) is 2.26. The van der Waals surface area contributed by atoms with Crippen LogP contribution in [0.25, 0.3) is 0 Å². The maximum absolute atomic E-state index is 11.9. The van der Waals surface area contributed by atoms with E-state index in [9.17, 15) is 4.79 Å². The lowest BCUT2D eigenvalue weighted by Gasteiger charge is -2.06. The Labute approximate surface area is 115 Å². The van der Waals surface area contributed by atoms with Crippen LogP contribution in [0.5, 0.6) is 0 Å². The molecule has 0 spiro atoms. The van der Waals surface area contributed by atoms with Gasteiger partial charge in [-0.15, -0.1) is 11.3 Å². The number of thiophene rings is 1. The molecule has 1 aliphatic rings. The van der Waals surface area contributed by atoms with Crippen molar-refractivity contribution in [1.82, 2.24) is 0 Å². The number of ketones is 1. The van der Waals surface area contributed by atoms with Gasteiger partial charge in [0.1, 0.15) is 0 Å². The smallest absolute Gasteiger partial charge is 0.176 e. The van der Waals surface area contributed by atoms with Crippen molar-refractivity contribution in [2.45, 2.75) is 19.5 Å². The number of aryl methyl sites for hydroxylation is 1. The summed E-state index contributed by atoms with van der Waals surface area (Å²) < 4.78 is 0. The standard InChI is InChI=1S/C15H14N2OS/c1-9-7-11-13(19-9)8-12(18)15(16)17-14(11)10-5-3-2-4-6-10/h2-7,15H,8,16H2,1H3. The van der Waals surface area contributed by atoms with E-state index in [2.05, 4.69) is 11.1 Å². The Balaban J connectivity index is 2.20. The number of Topliss-reactive ketones (excluding diaryl/α,β-unsaturated/α-hetero) is 1. The maximum Gasteiger partial charge on any atom is 0.176 e. The minimum atomic E-state index is -0.755. The van der Waals surface area contributed by atoms with Crippen LogP contribution in [-0.4, -0.2) is 17.7 Å². The van der Waals surface area contributed by atoms with Gasteiger partial charge in [0.05, 0.1) is 5.71 Å². The summed E-state index contributed by atoms with van der Waals surface area (Å²) in [5, 5.41) is 0. The summed E-state index contributed by atoms with van der Waals surface area (Å²) in [6.45, 7) is 2.05. The average Bonchev–Trinajstić information content (AvgIpc) is 2.72. The second kappa shape index (κ2) is 4.72. The van der Waals surface area contributed by atoms with Gasteiger partial charge in [-0.2, -0.15) is 0 Å². The number of carbonyl (C=O) groups is 1. The van der Waals surface area contributed by atoms with E-state index >= 15 is 0 Å². The monoisotopic (exact) mass is 270 g/mol. The number of carbonyl (C=O) groups excluding carboxylic acids is 1. The first-order chi connectivity index (χ1) is 9.15. The molecular formula is C15H14N2OS. The topological polar surface area (TPSA) is 55.5 Å². The van der Waals surface area contributed by atoms with Crippen molar-refractivity contribution in [3.63, 3.8) is 0 Å². The Hall–Kier alpha value is -1.78. The summed E-state index contributed by atoms with van der Waals surface area (Å²) in [6, 6.07) is 12.0. The lowest BCUT2D eigenvalue weighted by Crippen LogP contribution is -2.29. The number of fused-ring (bicyclic) bond motifs is 1. The van der Waals surface area contributed by atoms with Crippen LogP contribution in [0.3, 0.4) is 0 Å².